The van der Waals surface area contributed by atoms with Crippen molar-refractivity contribution in [2.24, 2.45) is 0 Å². The van der Waals surface area contributed by atoms with Crippen LogP contribution in [0.3, 0.4) is 0 Å². The van der Waals surface area contributed by atoms with Crippen LogP contribution in [0.4, 0.5) is 22.0 Å². The van der Waals surface area contributed by atoms with Crippen LogP contribution in [0.5, 0.6) is 0 Å². The standard InChI is InChI=1S/C8H8F5NO/c1-3-4-5(2)14-6(15)7(9,10)8(11,12)13/h1,5H,4H2,2H3,(H,14,15). The Morgan fingerprint density at radius 2 is 1.87 bits per heavy atom. The minimum absolute atomic E-state index is 0.125. The molecule has 0 heterocycles. The lowest BCUT2D eigenvalue weighted by Crippen LogP contribution is -2.52. The van der Waals surface area contributed by atoms with E-state index in [0.717, 1.165) is 0 Å². The van der Waals surface area contributed by atoms with Gasteiger partial charge in [-0.1, -0.05) is 0 Å². The van der Waals surface area contributed by atoms with Crippen molar-refractivity contribution in [2.45, 2.75) is 31.5 Å². The van der Waals surface area contributed by atoms with Crippen LogP contribution in [0.15, 0.2) is 0 Å². The van der Waals surface area contributed by atoms with E-state index in [1.807, 2.05) is 5.92 Å². The summed E-state index contributed by atoms with van der Waals surface area (Å²) in [6, 6.07) is -0.935. The molecule has 0 aromatic heterocycles. The second-order valence-electron chi connectivity index (χ2n) is 2.85. The topological polar surface area (TPSA) is 29.1 Å². The Balaban J connectivity index is 4.53. The number of hydrogen-bond donors (Lipinski definition) is 1. The zero-order valence-electron chi connectivity index (χ0n) is 7.66. The number of alkyl halides is 5. The first kappa shape index (κ1) is 13.7. The minimum atomic E-state index is -5.90. The fourth-order valence-electron chi connectivity index (χ4n) is 0.671. The number of amides is 1. The Bertz CT molecular complexity index is 278. The Labute approximate surface area is 82.8 Å². The average molecular weight is 229 g/mol. The molecule has 0 rings (SSSR count). The van der Waals surface area contributed by atoms with E-state index in [1.54, 1.807) is 0 Å². The third kappa shape index (κ3) is 3.38. The lowest BCUT2D eigenvalue weighted by atomic mass is 10.2. The van der Waals surface area contributed by atoms with Gasteiger partial charge in [-0.25, -0.2) is 0 Å². The number of terminal acetylenes is 1. The summed E-state index contributed by atoms with van der Waals surface area (Å²) in [4.78, 5) is 10.5. The van der Waals surface area contributed by atoms with Gasteiger partial charge in [0.2, 0.25) is 0 Å². The van der Waals surface area contributed by atoms with Crippen LogP contribution < -0.4 is 5.32 Å². The zero-order valence-corrected chi connectivity index (χ0v) is 7.66. The van der Waals surface area contributed by atoms with Gasteiger partial charge >= 0.3 is 18.0 Å². The van der Waals surface area contributed by atoms with Crippen molar-refractivity contribution in [2.75, 3.05) is 0 Å². The first-order valence-corrected chi connectivity index (χ1v) is 3.82. The highest BCUT2D eigenvalue weighted by Crippen LogP contribution is 2.35. The highest BCUT2D eigenvalue weighted by Gasteiger charge is 2.63. The molecule has 0 aliphatic rings. The molecular weight excluding hydrogens is 221 g/mol. The van der Waals surface area contributed by atoms with Crippen molar-refractivity contribution in [3.05, 3.63) is 0 Å². The van der Waals surface area contributed by atoms with E-state index in [2.05, 4.69) is 0 Å². The molecule has 86 valence electrons. The molecule has 7 heteroatoms. The summed E-state index contributed by atoms with van der Waals surface area (Å²) in [6.07, 6.45) is -1.23. The molecule has 0 fully saturated rings. The fourth-order valence-corrected chi connectivity index (χ4v) is 0.671. The maximum atomic E-state index is 12.3. The van der Waals surface area contributed by atoms with Crippen molar-refractivity contribution in [3.8, 4) is 12.3 Å². The SMILES string of the molecule is C#CCC(C)NC(=O)C(F)(F)C(F)(F)F. The molecule has 0 aromatic carbocycles. The number of halogens is 5. The van der Waals surface area contributed by atoms with E-state index in [4.69, 9.17) is 6.42 Å². The summed E-state index contributed by atoms with van der Waals surface area (Å²) >= 11 is 0. The molecule has 0 radical (unpaired) electrons. The summed E-state index contributed by atoms with van der Waals surface area (Å²) in [5.74, 6) is -5.76. The minimum Gasteiger partial charge on any atom is -0.347 e. The molecule has 1 N–H and O–H groups in total. The zero-order chi connectivity index (χ0) is 12.3. The average Bonchev–Trinajstić information content (AvgIpc) is 2.02. The largest absolute Gasteiger partial charge is 0.463 e. The predicted molar refractivity (Wildman–Crippen MR) is 42.1 cm³/mol. The quantitative estimate of drug-likeness (QED) is 0.579. The highest BCUT2D eigenvalue weighted by molar-refractivity contribution is 5.84. The molecule has 0 spiro atoms. The van der Waals surface area contributed by atoms with E-state index < -0.39 is 24.0 Å². The van der Waals surface area contributed by atoms with E-state index in [-0.39, 0.29) is 6.42 Å². The van der Waals surface area contributed by atoms with Crippen molar-refractivity contribution in [3.63, 3.8) is 0 Å². The van der Waals surface area contributed by atoms with Gasteiger partial charge in [0.15, 0.2) is 0 Å². The maximum absolute atomic E-state index is 12.3. The second kappa shape index (κ2) is 4.47. The molecule has 0 saturated heterocycles. The van der Waals surface area contributed by atoms with E-state index >= 15 is 0 Å². The van der Waals surface area contributed by atoms with Crippen molar-refractivity contribution in [1.82, 2.24) is 5.32 Å². The summed E-state index contributed by atoms with van der Waals surface area (Å²) in [6.45, 7) is 1.23. The van der Waals surface area contributed by atoms with Gasteiger partial charge in [-0.2, -0.15) is 22.0 Å². The van der Waals surface area contributed by atoms with Crippen LogP contribution >= 0.6 is 0 Å². The summed E-state index contributed by atoms with van der Waals surface area (Å²) in [5.41, 5.74) is 0. The third-order valence-electron chi connectivity index (χ3n) is 1.44. The van der Waals surface area contributed by atoms with Gasteiger partial charge in [0.05, 0.1) is 0 Å². The Kier molecular flexibility index (Phi) is 4.07. The summed E-state index contributed by atoms with van der Waals surface area (Å²) in [5, 5.41) is 1.48. The van der Waals surface area contributed by atoms with E-state index in [1.165, 1.54) is 12.2 Å². The molecule has 2 nitrogen and oxygen atoms in total. The van der Waals surface area contributed by atoms with Gasteiger partial charge in [-0.3, -0.25) is 4.79 Å². The number of hydrogen-bond acceptors (Lipinski definition) is 1. The van der Waals surface area contributed by atoms with Gasteiger partial charge < -0.3 is 5.32 Å². The smallest absolute Gasteiger partial charge is 0.347 e. The third-order valence-corrected chi connectivity index (χ3v) is 1.44. The van der Waals surface area contributed by atoms with Crippen molar-refractivity contribution >= 4 is 5.91 Å². The molecule has 1 amide bonds. The predicted octanol–water partition coefficient (Wildman–Crippen LogP) is 1.71. The molecule has 1 atom stereocenters. The Morgan fingerprint density at radius 1 is 1.40 bits per heavy atom. The van der Waals surface area contributed by atoms with Gasteiger partial charge in [0.1, 0.15) is 0 Å². The molecule has 1 unspecified atom stereocenters. The Hall–Kier alpha value is -1.32. The van der Waals surface area contributed by atoms with Gasteiger partial charge in [0, 0.05) is 12.5 Å². The molecule has 0 saturated carbocycles. The second-order valence-corrected chi connectivity index (χ2v) is 2.85. The van der Waals surface area contributed by atoms with Gasteiger partial charge in [-0.15, -0.1) is 12.3 Å². The lowest BCUT2D eigenvalue weighted by Gasteiger charge is -2.20. The maximum Gasteiger partial charge on any atom is 0.463 e. The van der Waals surface area contributed by atoms with Crippen LogP contribution in [0.1, 0.15) is 13.3 Å². The van der Waals surface area contributed by atoms with E-state index in [0.29, 0.717) is 0 Å². The monoisotopic (exact) mass is 229 g/mol. The fraction of sp³-hybridized carbons (Fsp3) is 0.625. The van der Waals surface area contributed by atoms with Crippen LogP contribution in [0.25, 0.3) is 0 Å². The lowest BCUT2D eigenvalue weighted by molar-refractivity contribution is -0.270. The molecular formula is C8H8F5NO. The number of nitrogens with one attached hydrogen (secondary N) is 1. The van der Waals surface area contributed by atoms with Gasteiger partial charge in [0.25, 0.3) is 0 Å². The highest BCUT2D eigenvalue weighted by atomic mass is 19.4. The molecule has 0 aliphatic heterocycles. The molecule has 0 aromatic rings. The van der Waals surface area contributed by atoms with Crippen LogP contribution in [-0.2, 0) is 4.79 Å². The van der Waals surface area contributed by atoms with Crippen LogP contribution in [0.2, 0.25) is 0 Å². The number of carbonyl (C=O) groups excluding carboxylic acids is 1. The van der Waals surface area contributed by atoms with Crippen LogP contribution in [0, 0.1) is 12.3 Å². The number of rotatable bonds is 3. The van der Waals surface area contributed by atoms with Gasteiger partial charge in [-0.05, 0) is 6.92 Å². The van der Waals surface area contributed by atoms with Crippen LogP contribution in [-0.4, -0.2) is 24.0 Å². The first-order chi connectivity index (χ1) is 6.63. The molecule has 0 aliphatic carbocycles. The Morgan fingerprint density at radius 3 is 2.20 bits per heavy atom. The number of carbonyl (C=O) groups is 1. The first-order valence-electron chi connectivity index (χ1n) is 3.82. The van der Waals surface area contributed by atoms with Crippen molar-refractivity contribution in [1.29, 1.82) is 0 Å². The normalized spacial score (nSPS) is 14.2. The van der Waals surface area contributed by atoms with Crippen molar-refractivity contribution < 1.29 is 26.7 Å². The van der Waals surface area contributed by atoms with E-state index in [9.17, 15) is 26.7 Å². The molecule has 15 heavy (non-hydrogen) atoms. The molecule has 0 bridgehead atoms. The summed E-state index contributed by atoms with van der Waals surface area (Å²) in [7, 11) is 0. The summed E-state index contributed by atoms with van der Waals surface area (Å²) < 4.78 is 59.7.